The van der Waals surface area contributed by atoms with Crippen LogP contribution >= 0.6 is 11.8 Å². The normalized spacial score (nSPS) is 24.8. The van der Waals surface area contributed by atoms with E-state index in [1.165, 1.54) is 16.7 Å². The number of hydrogen-bond donors (Lipinski definition) is 2. The van der Waals surface area contributed by atoms with Crippen LogP contribution in [0.1, 0.15) is 40.0 Å². The van der Waals surface area contributed by atoms with Gasteiger partial charge < -0.3 is 15.7 Å². The van der Waals surface area contributed by atoms with Crippen molar-refractivity contribution in [3.8, 4) is 0 Å². The summed E-state index contributed by atoms with van der Waals surface area (Å²) >= 11 is 1.53. The first kappa shape index (κ1) is 16.3. The molecule has 1 heterocycles. The Bertz CT molecular complexity index is 336. The van der Waals surface area contributed by atoms with Crippen LogP contribution in [-0.2, 0) is 9.59 Å². The molecule has 0 radical (unpaired) electrons. The van der Waals surface area contributed by atoms with Gasteiger partial charge in [-0.25, -0.2) is 4.79 Å². The molecule has 19 heavy (non-hydrogen) atoms. The third kappa shape index (κ3) is 3.86. The van der Waals surface area contributed by atoms with Crippen molar-refractivity contribution in [1.82, 2.24) is 4.90 Å². The summed E-state index contributed by atoms with van der Waals surface area (Å²) in [6, 6.07) is -1.32. The van der Waals surface area contributed by atoms with Crippen LogP contribution < -0.4 is 5.73 Å². The number of carboxylic acids is 1. The maximum Gasteiger partial charge on any atom is 0.327 e. The second kappa shape index (κ2) is 7.14. The van der Waals surface area contributed by atoms with Crippen molar-refractivity contribution in [2.75, 3.05) is 5.75 Å². The Morgan fingerprint density at radius 2 is 2.11 bits per heavy atom. The molecule has 1 aliphatic rings. The molecule has 110 valence electrons. The Morgan fingerprint density at radius 3 is 2.58 bits per heavy atom. The fourth-order valence-electron chi connectivity index (χ4n) is 2.25. The number of carbonyl (C=O) groups excluding carboxylic acids is 1. The first-order valence-corrected chi connectivity index (χ1v) is 7.87. The molecule has 3 N–H and O–H groups in total. The van der Waals surface area contributed by atoms with E-state index in [0.717, 1.165) is 12.8 Å². The Hall–Kier alpha value is -0.750. The minimum atomic E-state index is -0.938. The summed E-state index contributed by atoms with van der Waals surface area (Å²) in [7, 11) is 0. The van der Waals surface area contributed by atoms with E-state index in [0.29, 0.717) is 12.2 Å². The summed E-state index contributed by atoms with van der Waals surface area (Å²) in [5, 5.41) is 9.16. The van der Waals surface area contributed by atoms with E-state index in [-0.39, 0.29) is 17.2 Å². The summed E-state index contributed by atoms with van der Waals surface area (Å²) < 4.78 is 0. The molecule has 5 nitrogen and oxygen atoms in total. The maximum atomic E-state index is 12.4. The van der Waals surface area contributed by atoms with Crippen LogP contribution in [0.5, 0.6) is 0 Å². The highest BCUT2D eigenvalue weighted by Crippen LogP contribution is 2.34. The van der Waals surface area contributed by atoms with Gasteiger partial charge in [-0.15, -0.1) is 11.8 Å². The number of unbranched alkanes of at least 4 members (excludes halogenated alkanes) is 1. The van der Waals surface area contributed by atoms with Gasteiger partial charge in [-0.05, 0) is 12.3 Å². The Kier molecular flexibility index (Phi) is 6.13. The van der Waals surface area contributed by atoms with Crippen LogP contribution in [0.25, 0.3) is 0 Å². The summed E-state index contributed by atoms with van der Waals surface area (Å²) in [5.41, 5.74) is 5.91. The zero-order chi connectivity index (χ0) is 14.6. The second-order valence-electron chi connectivity index (χ2n) is 5.32. The van der Waals surface area contributed by atoms with Gasteiger partial charge in [0.1, 0.15) is 6.04 Å². The summed E-state index contributed by atoms with van der Waals surface area (Å²) in [5.74, 6) is -0.488. The van der Waals surface area contributed by atoms with E-state index in [1.807, 2.05) is 20.8 Å². The lowest BCUT2D eigenvalue weighted by atomic mass is 10.1. The van der Waals surface area contributed by atoms with Gasteiger partial charge in [0.15, 0.2) is 0 Å². The molecule has 1 saturated heterocycles. The molecule has 0 saturated carbocycles. The topological polar surface area (TPSA) is 83.6 Å². The molecular weight excluding hydrogens is 264 g/mol. The van der Waals surface area contributed by atoms with Gasteiger partial charge in [0.25, 0.3) is 0 Å². The average Bonchev–Trinajstić information content (AvgIpc) is 2.79. The molecule has 6 heteroatoms. The van der Waals surface area contributed by atoms with Gasteiger partial charge in [-0.3, -0.25) is 4.79 Å². The standard InChI is InChI=1S/C13H24N2O3S/c1-4-5-6-9(14)11(16)15-10(13(17)18)7-19-12(15)8(2)3/h8-10,12H,4-7,14H2,1-3H3,(H,17,18). The number of amides is 1. The Labute approximate surface area is 118 Å². The Morgan fingerprint density at radius 1 is 1.47 bits per heavy atom. The molecule has 0 bridgehead atoms. The number of carboxylic acid groups (broad SMARTS) is 1. The van der Waals surface area contributed by atoms with Crippen LogP contribution in [0.2, 0.25) is 0 Å². The van der Waals surface area contributed by atoms with Crippen molar-refractivity contribution in [3.63, 3.8) is 0 Å². The highest BCUT2D eigenvalue weighted by molar-refractivity contribution is 8.00. The highest BCUT2D eigenvalue weighted by atomic mass is 32.2. The first-order chi connectivity index (χ1) is 8.90. The van der Waals surface area contributed by atoms with Crippen LogP contribution in [-0.4, -0.2) is 45.1 Å². The van der Waals surface area contributed by atoms with E-state index in [9.17, 15) is 14.7 Å². The summed E-state index contributed by atoms with van der Waals surface area (Å²) in [4.78, 5) is 25.2. The molecule has 0 aromatic heterocycles. The Balaban J connectivity index is 2.83. The van der Waals surface area contributed by atoms with E-state index in [1.54, 1.807) is 0 Å². The molecule has 0 spiro atoms. The van der Waals surface area contributed by atoms with E-state index in [4.69, 9.17) is 5.73 Å². The predicted molar refractivity (Wildman–Crippen MR) is 76.9 cm³/mol. The predicted octanol–water partition coefficient (Wildman–Crippen LogP) is 1.51. The molecule has 1 amide bonds. The fraction of sp³-hybridized carbons (Fsp3) is 0.846. The minimum absolute atomic E-state index is 0.0822. The molecule has 1 rings (SSSR count). The van der Waals surface area contributed by atoms with Crippen molar-refractivity contribution < 1.29 is 14.7 Å². The lowest BCUT2D eigenvalue weighted by molar-refractivity contribution is -0.150. The number of carbonyl (C=O) groups is 2. The molecular formula is C13H24N2O3S. The number of rotatable bonds is 6. The molecule has 0 aromatic carbocycles. The van der Waals surface area contributed by atoms with E-state index in [2.05, 4.69) is 0 Å². The number of thioether (sulfide) groups is 1. The zero-order valence-electron chi connectivity index (χ0n) is 11.8. The maximum absolute atomic E-state index is 12.4. The highest BCUT2D eigenvalue weighted by Gasteiger charge is 2.43. The monoisotopic (exact) mass is 288 g/mol. The largest absolute Gasteiger partial charge is 0.480 e. The van der Waals surface area contributed by atoms with Crippen LogP contribution in [0.3, 0.4) is 0 Å². The average molecular weight is 288 g/mol. The van der Waals surface area contributed by atoms with Gasteiger partial charge in [-0.2, -0.15) is 0 Å². The van der Waals surface area contributed by atoms with Crippen molar-refractivity contribution in [2.45, 2.75) is 57.5 Å². The van der Waals surface area contributed by atoms with Gasteiger partial charge in [0, 0.05) is 5.75 Å². The molecule has 0 aromatic rings. The molecule has 1 fully saturated rings. The third-order valence-electron chi connectivity index (χ3n) is 3.33. The third-order valence-corrected chi connectivity index (χ3v) is 4.95. The van der Waals surface area contributed by atoms with Gasteiger partial charge in [0.2, 0.25) is 5.91 Å². The first-order valence-electron chi connectivity index (χ1n) is 6.82. The zero-order valence-corrected chi connectivity index (χ0v) is 12.7. The van der Waals surface area contributed by atoms with Crippen molar-refractivity contribution >= 4 is 23.6 Å². The number of aliphatic carboxylic acids is 1. The lowest BCUT2D eigenvalue weighted by Crippen LogP contribution is -2.53. The number of nitrogens with two attached hydrogens (primary N) is 1. The SMILES string of the molecule is CCCCC(N)C(=O)N1C(C(=O)O)CSC1C(C)C. The van der Waals surface area contributed by atoms with Gasteiger partial charge in [0.05, 0.1) is 11.4 Å². The number of hydrogen-bond acceptors (Lipinski definition) is 4. The molecule has 1 aliphatic heterocycles. The summed E-state index contributed by atoms with van der Waals surface area (Å²) in [6.07, 6.45) is 2.48. The van der Waals surface area contributed by atoms with E-state index < -0.39 is 18.1 Å². The quantitative estimate of drug-likeness (QED) is 0.774. The number of nitrogens with zero attached hydrogens (tertiary/aromatic N) is 1. The van der Waals surface area contributed by atoms with Crippen LogP contribution in [0, 0.1) is 5.92 Å². The van der Waals surface area contributed by atoms with Crippen molar-refractivity contribution in [2.24, 2.45) is 11.7 Å². The second-order valence-corrected chi connectivity index (χ2v) is 6.47. The molecule has 3 atom stereocenters. The molecule has 0 aliphatic carbocycles. The molecule has 3 unspecified atom stereocenters. The minimum Gasteiger partial charge on any atom is -0.480 e. The summed E-state index contributed by atoms with van der Waals surface area (Å²) in [6.45, 7) is 6.04. The van der Waals surface area contributed by atoms with Crippen molar-refractivity contribution in [1.29, 1.82) is 0 Å². The van der Waals surface area contributed by atoms with E-state index >= 15 is 0 Å². The smallest absolute Gasteiger partial charge is 0.327 e. The fourth-order valence-corrected chi connectivity index (χ4v) is 3.73. The van der Waals surface area contributed by atoms with Gasteiger partial charge >= 0.3 is 5.97 Å². The van der Waals surface area contributed by atoms with Crippen LogP contribution in [0.4, 0.5) is 0 Å². The van der Waals surface area contributed by atoms with Crippen molar-refractivity contribution in [3.05, 3.63) is 0 Å². The van der Waals surface area contributed by atoms with Crippen LogP contribution in [0.15, 0.2) is 0 Å². The lowest BCUT2D eigenvalue weighted by Gasteiger charge is -2.31. The van der Waals surface area contributed by atoms with Gasteiger partial charge in [-0.1, -0.05) is 33.6 Å².